The Hall–Kier alpha value is -0.710. The molecule has 0 atom stereocenters. The fraction of sp³-hybridized carbons (Fsp3) is 0. The molecule has 0 fully saturated rings. The molecule has 11 heavy (non-hydrogen) atoms. The number of aromatic nitrogens is 1. The second-order valence-electron chi connectivity index (χ2n) is 1.83. The van der Waals surface area contributed by atoms with Gasteiger partial charge in [0.2, 0.25) is 0 Å². The number of rotatable bonds is 1. The van der Waals surface area contributed by atoms with Crippen LogP contribution >= 0.6 is 23.2 Å². The quantitative estimate of drug-likeness (QED) is 0.463. The summed E-state index contributed by atoms with van der Waals surface area (Å²) in [5, 5.41) is 0.653. The van der Waals surface area contributed by atoms with Crippen LogP contribution < -0.4 is 17.0 Å². The summed E-state index contributed by atoms with van der Waals surface area (Å²) in [6, 6.07) is 1.47. The van der Waals surface area contributed by atoms with Crippen molar-refractivity contribution in [2.45, 2.75) is 0 Å². The SMILES string of the molecule is NNc1nc(N)c(Cl)cc1Cl. The zero-order valence-corrected chi connectivity index (χ0v) is 6.95. The van der Waals surface area contributed by atoms with E-state index in [0.717, 1.165) is 0 Å². The third-order valence-electron chi connectivity index (χ3n) is 1.09. The molecule has 0 unspecified atom stereocenters. The number of pyridine rings is 1. The molecule has 0 saturated heterocycles. The highest BCUT2D eigenvalue weighted by molar-refractivity contribution is 6.37. The highest BCUT2D eigenvalue weighted by atomic mass is 35.5. The lowest BCUT2D eigenvalue weighted by molar-refractivity contribution is 1.23. The Morgan fingerprint density at radius 3 is 2.55 bits per heavy atom. The first-order valence-electron chi connectivity index (χ1n) is 2.73. The third kappa shape index (κ3) is 1.65. The number of hydrogen-bond donors (Lipinski definition) is 3. The number of hydrazine groups is 1. The minimum atomic E-state index is 0.198. The summed E-state index contributed by atoms with van der Waals surface area (Å²) in [6.07, 6.45) is 0. The molecule has 1 aromatic heterocycles. The van der Waals surface area contributed by atoms with Crippen molar-refractivity contribution >= 4 is 34.8 Å². The van der Waals surface area contributed by atoms with Crippen molar-refractivity contribution in [1.29, 1.82) is 0 Å². The predicted octanol–water partition coefficient (Wildman–Crippen LogP) is 1.26. The third-order valence-corrected chi connectivity index (χ3v) is 1.68. The van der Waals surface area contributed by atoms with E-state index in [-0.39, 0.29) is 5.82 Å². The molecule has 1 rings (SSSR count). The van der Waals surface area contributed by atoms with E-state index in [4.69, 9.17) is 34.8 Å². The van der Waals surface area contributed by atoms with Crippen LogP contribution in [0.1, 0.15) is 0 Å². The Morgan fingerprint density at radius 1 is 1.36 bits per heavy atom. The van der Waals surface area contributed by atoms with Gasteiger partial charge in [-0.25, -0.2) is 10.8 Å². The Balaban J connectivity index is 3.21. The molecule has 0 aliphatic carbocycles. The van der Waals surface area contributed by atoms with Gasteiger partial charge >= 0.3 is 0 Å². The van der Waals surface area contributed by atoms with Crippen LogP contribution in [-0.4, -0.2) is 4.98 Å². The highest BCUT2D eigenvalue weighted by Crippen LogP contribution is 2.26. The molecule has 0 spiro atoms. The average Bonchev–Trinajstić information content (AvgIpc) is 1.97. The smallest absolute Gasteiger partial charge is 0.161 e. The van der Waals surface area contributed by atoms with Gasteiger partial charge in [-0.05, 0) is 6.07 Å². The molecule has 6 heteroatoms. The predicted molar refractivity (Wildman–Crippen MR) is 46.5 cm³/mol. The molecular weight excluding hydrogens is 187 g/mol. The number of nitrogens with two attached hydrogens (primary N) is 2. The molecule has 5 N–H and O–H groups in total. The van der Waals surface area contributed by atoms with Crippen LogP contribution in [0.2, 0.25) is 10.0 Å². The van der Waals surface area contributed by atoms with E-state index in [1.165, 1.54) is 6.07 Å². The monoisotopic (exact) mass is 192 g/mol. The Bertz CT molecular complexity index is 275. The van der Waals surface area contributed by atoms with E-state index in [1.54, 1.807) is 0 Å². The standard InChI is InChI=1S/C5H6Cl2N4/c6-2-1-3(7)5(11-9)10-4(2)8/h1H,9H2,(H3,8,10,11). The summed E-state index contributed by atoms with van der Waals surface area (Å²) in [4.78, 5) is 3.77. The Morgan fingerprint density at radius 2 is 2.00 bits per heavy atom. The van der Waals surface area contributed by atoms with Crippen LogP contribution in [-0.2, 0) is 0 Å². The number of nitrogen functional groups attached to an aromatic ring is 2. The van der Waals surface area contributed by atoms with Crippen LogP contribution in [0.4, 0.5) is 11.6 Å². The molecule has 0 aromatic carbocycles. The molecule has 0 amide bonds. The van der Waals surface area contributed by atoms with Gasteiger partial charge in [-0.2, -0.15) is 0 Å². The van der Waals surface area contributed by atoms with E-state index in [9.17, 15) is 0 Å². The Labute approximate surface area is 73.5 Å². The molecule has 0 aliphatic rings. The minimum absolute atomic E-state index is 0.198. The van der Waals surface area contributed by atoms with Crippen LogP contribution in [0, 0.1) is 0 Å². The van der Waals surface area contributed by atoms with Gasteiger partial charge in [-0.1, -0.05) is 23.2 Å². The van der Waals surface area contributed by atoms with Gasteiger partial charge in [0, 0.05) is 0 Å². The van der Waals surface area contributed by atoms with E-state index in [1.807, 2.05) is 0 Å². The number of halogens is 2. The fourth-order valence-corrected chi connectivity index (χ4v) is 0.995. The van der Waals surface area contributed by atoms with Crippen molar-refractivity contribution in [1.82, 2.24) is 4.98 Å². The van der Waals surface area contributed by atoms with Crippen molar-refractivity contribution in [3.05, 3.63) is 16.1 Å². The van der Waals surface area contributed by atoms with Gasteiger partial charge in [0.05, 0.1) is 10.0 Å². The van der Waals surface area contributed by atoms with Crippen molar-refractivity contribution in [2.75, 3.05) is 11.2 Å². The largest absolute Gasteiger partial charge is 0.382 e. The topological polar surface area (TPSA) is 77.0 Å². The van der Waals surface area contributed by atoms with Crippen LogP contribution in [0.15, 0.2) is 6.07 Å². The van der Waals surface area contributed by atoms with E-state index >= 15 is 0 Å². The van der Waals surface area contributed by atoms with Crippen molar-refractivity contribution in [2.24, 2.45) is 5.84 Å². The first kappa shape index (κ1) is 8.39. The van der Waals surface area contributed by atoms with Gasteiger partial charge < -0.3 is 11.2 Å². The molecule has 4 nitrogen and oxygen atoms in total. The van der Waals surface area contributed by atoms with Gasteiger partial charge in [-0.3, -0.25) is 0 Å². The van der Waals surface area contributed by atoms with E-state index in [2.05, 4.69) is 10.4 Å². The summed E-state index contributed by atoms with van der Waals surface area (Å²) < 4.78 is 0. The van der Waals surface area contributed by atoms with Crippen molar-refractivity contribution in [3.63, 3.8) is 0 Å². The molecular formula is C5H6Cl2N4. The fourth-order valence-electron chi connectivity index (χ4n) is 0.582. The Kier molecular flexibility index (Phi) is 2.38. The number of nitrogens with one attached hydrogen (secondary N) is 1. The summed E-state index contributed by atoms with van der Waals surface area (Å²) in [5.41, 5.74) is 7.65. The lowest BCUT2D eigenvalue weighted by atomic mass is 10.4. The zero-order chi connectivity index (χ0) is 8.43. The summed E-state index contributed by atoms with van der Waals surface area (Å²) in [6.45, 7) is 0. The average molecular weight is 193 g/mol. The van der Waals surface area contributed by atoms with Gasteiger partial charge in [0.15, 0.2) is 5.82 Å². The van der Waals surface area contributed by atoms with E-state index in [0.29, 0.717) is 15.9 Å². The molecule has 60 valence electrons. The highest BCUT2D eigenvalue weighted by Gasteiger charge is 2.04. The first-order valence-corrected chi connectivity index (χ1v) is 3.49. The number of nitrogens with zero attached hydrogens (tertiary/aromatic N) is 1. The minimum Gasteiger partial charge on any atom is -0.382 e. The van der Waals surface area contributed by atoms with Crippen LogP contribution in [0.3, 0.4) is 0 Å². The van der Waals surface area contributed by atoms with Crippen molar-refractivity contribution < 1.29 is 0 Å². The maximum atomic E-state index is 5.66. The van der Waals surface area contributed by atoms with Crippen molar-refractivity contribution in [3.8, 4) is 0 Å². The summed E-state index contributed by atoms with van der Waals surface area (Å²) in [7, 11) is 0. The molecule has 0 bridgehead atoms. The second kappa shape index (κ2) is 3.13. The lowest BCUT2D eigenvalue weighted by Crippen LogP contribution is -2.10. The lowest BCUT2D eigenvalue weighted by Gasteiger charge is -2.03. The maximum absolute atomic E-state index is 5.66. The van der Waals surface area contributed by atoms with Crippen LogP contribution in [0.25, 0.3) is 0 Å². The molecule has 0 saturated carbocycles. The number of anilines is 2. The molecule has 0 radical (unpaired) electrons. The molecule has 0 aliphatic heterocycles. The van der Waals surface area contributed by atoms with Crippen LogP contribution in [0.5, 0.6) is 0 Å². The van der Waals surface area contributed by atoms with E-state index < -0.39 is 0 Å². The summed E-state index contributed by atoms with van der Waals surface area (Å²) in [5.74, 6) is 5.59. The zero-order valence-electron chi connectivity index (χ0n) is 5.44. The van der Waals surface area contributed by atoms with Gasteiger partial charge in [0.1, 0.15) is 5.82 Å². The van der Waals surface area contributed by atoms with Gasteiger partial charge in [0.25, 0.3) is 0 Å². The summed E-state index contributed by atoms with van der Waals surface area (Å²) >= 11 is 11.3. The maximum Gasteiger partial charge on any atom is 0.161 e. The molecule has 1 aromatic rings. The normalized spacial score (nSPS) is 9.73. The number of hydrogen-bond acceptors (Lipinski definition) is 4. The first-order chi connectivity index (χ1) is 5.15. The second-order valence-corrected chi connectivity index (χ2v) is 2.64. The molecule has 1 heterocycles. The van der Waals surface area contributed by atoms with Gasteiger partial charge in [-0.15, -0.1) is 0 Å².